The number of pyridine rings is 1. The molecule has 0 fully saturated rings. The maximum Gasteiger partial charge on any atom is 0.263 e. The number of aryl methyl sites for hydroxylation is 1. The van der Waals surface area contributed by atoms with Crippen LogP contribution in [0.2, 0.25) is 0 Å². The van der Waals surface area contributed by atoms with Crippen LogP contribution in [0.3, 0.4) is 0 Å². The van der Waals surface area contributed by atoms with Gasteiger partial charge in [-0.1, -0.05) is 60.2 Å². The first-order valence-corrected chi connectivity index (χ1v) is 10.0. The van der Waals surface area contributed by atoms with E-state index in [2.05, 4.69) is 15.4 Å². The summed E-state index contributed by atoms with van der Waals surface area (Å²) in [6, 6.07) is 20.5. The van der Waals surface area contributed by atoms with Gasteiger partial charge in [0.25, 0.3) is 11.5 Å². The largest absolute Gasteiger partial charge is 0.343 e. The SMILES string of the molecule is Cc1cccc(Cn2cccc(C(=O)NC(Cn3cncn3)c3ccccc3)c2=O)c1. The molecule has 1 N–H and O–H groups in total. The van der Waals surface area contributed by atoms with Crippen molar-refractivity contribution < 1.29 is 4.79 Å². The van der Waals surface area contributed by atoms with Crippen LogP contribution in [0.4, 0.5) is 0 Å². The number of carbonyl (C=O) groups excluding carboxylic acids is 1. The number of rotatable bonds is 7. The molecule has 0 aliphatic heterocycles. The van der Waals surface area contributed by atoms with Crippen LogP contribution in [0, 0.1) is 6.92 Å². The molecule has 0 aliphatic rings. The number of hydrogen-bond acceptors (Lipinski definition) is 4. The number of aromatic nitrogens is 4. The fourth-order valence-electron chi connectivity index (χ4n) is 3.51. The van der Waals surface area contributed by atoms with Crippen molar-refractivity contribution in [3.63, 3.8) is 0 Å². The van der Waals surface area contributed by atoms with Crippen molar-refractivity contribution in [1.82, 2.24) is 24.6 Å². The summed E-state index contributed by atoms with van der Waals surface area (Å²) in [5.74, 6) is -0.419. The fraction of sp³-hybridized carbons (Fsp3) is 0.167. The van der Waals surface area contributed by atoms with Crippen LogP contribution in [0.15, 0.2) is 90.4 Å². The maximum absolute atomic E-state index is 13.1. The molecule has 31 heavy (non-hydrogen) atoms. The minimum Gasteiger partial charge on any atom is -0.343 e. The molecule has 156 valence electrons. The van der Waals surface area contributed by atoms with Crippen molar-refractivity contribution in [1.29, 1.82) is 0 Å². The van der Waals surface area contributed by atoms with Gasteiger partial charge < -0.3 is 9.88 Å². The number of hydrogen-bond donors (Lipinski definition) is 1. The number of benzene rings is 2. The Bertz CT molecular complexity index is 1220. The summed E-state index contributed by atoms with van der Waals surface area (Å²) < 4.78 is 3.21. The minimum absolute atomic E-state index is 0.106. The zero-order valence-electron chi connectivity index (χ0n) is 17.2. The van der Waals surface area contributed by atoms with Gasteiger partial charge in [-0.25, -0.2) is 4.98 Å². The van der Waals surface area contributed by atoms with Gasteiger partial charge in [-0.2, -0.15) is 5.10 Å². The van der Waals surface area contributed by atoms with Gasteiger partial charge in [0.1, 0.15) is 18.2 Å². The van der Waals surface area contributed by atoms with Crippen LogP contribution in [-0.2, 0) is 13.1 Å². The Labute approximate surface area is 180 Å². The molecule has 4 aromatic rings. The van der Waals surface area contributed by atoms with Crippen LogP contribution in [0.5, 0.6) is 0 Å². The van der Waals surface area contributed by atoms with E-state index in [9.17, 15) is 9.59 Å². The minimum atomic E-state index is -0.419. The zero-order chi connectivity index (χ0) is 21.6. The number of nitrogens with zero attached hydrogens (tertiary/aromatic N) is 4. The van der Waals surface area contributed by atoms with E-state index in [0.29, 0.717) is 13.1 Å². The van der Waals surface area contributed by atoms with Crippen LogP contribution in [0.25, 0.3) is 0 Å². The van der Waals surface area contributed by atoms with E-state index in [1.165, 1.54) is 6.33 Å². The van der Waals surface area contributed by atoms with Gasteiger partial charge in [0, 0.05) is 6.20 Å². The van der Waals surface area contributed by atoms with Crippen molar-refractivity contribution in [3.05, 3.63) is 118 Å². The second-order valence-electron chi connectivity index (χ2n) is 7.40. The lowest BCUT2D eigenvalue weighted by Gasteiger charge is -2.19. The standard InChI is InChI=1S/C24H23N5O2/c1-18-7-5-8-19(13-18)14-28-12-6-11-21(24(28)31)23(30)27-22(15-29-17-25-16-26-29)20-9-3-2-4-10-20/h2-13,16-17,22H,14-15H2,1H3,(H,27,30). The molecule has 0 saturated carbocycles. The molecule has 7 heteroatoms. The van der Waals surface area contributed by atoms with Crippen molar-refractivity contribution in [2.24, 2.45) is 0 Å². The second-order valence-corrected chi connectivity index (χ2v) is 7.40. The molecule has 2 aromatic heterocycles. The van der Waals surface area contributed by atoms with Crippen LogP contribution in [0.1, 0.15) is 33.1 Å². The molecule has 0 radical (unpaired) electrons. The maximum atomic E-state index is 13.1. The number of amides is 1. The summed E-state index contributed by atoms with van der Waals surface area (Å²) in [6.45, 7) is 2.82. The van der Waals surface area contributed by atoms with E-state index < -0.39 is 5.91 Å². The lowest BCUT2D eigenvalue weighted by atomic mass is 10.1. The molecular weight excluding hydrogens is 390 g/mol. The van der Waals surface area contributed by atoms with Crippen LogP contribution < -0.4 is 10.9 Å². The van der Waals surface area contributed by atoms with Crippen molar-refractivity contribution in [3.8, 4) is 0 Å². The van der Waals surface area contributed by atoms with E-state index in [4.69, 9.17) is 0 Å². The molecular formula is C24H23N5O2. The van der Waals surface area contributed by atoms with Crippen molar-refractivity contribution >= 4 is 5.91 Å². The molecule has 2 aromatic carbocycles. The van der Waals surface area contributed by atoms with Gasteiger partial charge in [-0.05, 0) is 30.2 Å². The molecule has 0 spiro atoms. The summed E-state index contributed by atoms with van der Waals surface area (Å²) >= 11 is 0. The summed E-state index contributed by atoms with van der Waals surface area (Å²) in [5, 5.41) is 7.12. The highest BCUT2D eigenvalue weighted by Crippen LogP contribution is 2.15. The van der Waals surface area contributed by atoms with Crippen molar-refractivity contribution in [2.75, 3.05) is 0 Å². The fourth-order valence-corrected chi connectivity index (χ4v) is 3.51. The van der Waals surface area contributed by atoms with E-state index in [1.807, 2.05) is 61.5 Å². The normalized spacial score (nSPS) is 11.8. The molecule has 1 unspecified atom stereocenters. The third-order valence-electron chi connectivity index (χ3n) is 5.04. The first kappa shape index (κ1) is 20.3. The zero-order valence-corrected chi connectivity index (χ0v) is 17.2. The smallest absolute Gasteiger partial charge is 0.263 e. The average molecular weight is 413 g/mol. The van der Waals surface area contributed by atoms with Gasteiger partial charge in [0.15, 0.2) is 0 Å². The van der Waals surface area contributed by atoms with E-state index >= 15 is 0 Å². The van der Waals surface area contributed by atoms with Crippen molar-refractivity contribution in [2.45, 2.75) is 26.1 Å². The molecule has 2 heterocycles. The summed E-state index contributed by atoms with van der Waals surface area (Å²) in [6.07, 6.45) is 4.75. The Morgan fingerprint density at radius 1 is 1.06 bits per heavy atom. The third-order valence-corrected chi connectivity index (χ3v) is 5.04. The molecule has 0 aliphatic carbocycles. The number of carbonyl (C=O) groups is 1. The van der Waals surface area contributed by atoms with Gasteiger partial charge in [-0.15, -0.1) is 0 Å². The highest BCUT2D eigenvalue weighted by Gasteiger charge is 2.19. The first-order valence-electron chi connectivity index (χ1n) is 10.0. The van der Waals surface area contributed by atoms with E-state index in [0.717, 1.165) is 16.7 Å². The third kappa shape index (κ3) is 4.95. The summed E-state index contributed by atoms with van der Waals surface area (Å²) in [7, 11) is 0. The molecule has 0 saturated heterocycles. The van der Waals surface area contributed by atoms with Gasteiger partial charge >= 0.3 is 0 Å². The molecule has 7 nitrogen and oxygen atoms in total. The summed E-state index contributed by atoms with van der Waals surface area (Å²) in [4.78, 5) is 30.0. The highest BCUT2D eigenvalue weighted by atomic mass is 16.2. The van der Waals surface area contributed by atoms with E-state index in [1.54, 1.807) is 33.9 Å². The van der Waals surface area contributed by atoms with Crippen LogP contribution in [-0.4, -0.2) is 25.2 Å². The van der Waals surface area contributed by atoms with E-state index in [-0.39, 0.29) is 17.2 Å². The predicted octanol–water partition coefficient (Wildman–Crippen LogP) is 2.97. The first-order chi connectivity index (χ1) is 15.1. The lowest BCUT2D eigenvalue weighted by Crippen LogP contribution is -2.36. The molecule has 1 amide bonds. The molecule has 0 bridgehead atoms. The Balaban J connectivity index is 1.58. The summed E-state index contributed by atoms with van der Waals surface area (Å²) in [5.41, 5.74) is 2.83. The predicted molar refractivity (Wildman–Crippen MR) is 118 cm³/mol. The quantitative estimate of drug-likeness (QED) is 0.505. The highest BCUT2D eigenvalue weighted by molar-refractivity contribution is 5.94. The van der Waals surface area contributed by atoms with Crippen LogP contribution >= 0.6 is 0 Å². The van der Waals surface area contributed by atoms with Gasteiger partial charge in [0.2, 0.25) is 0 Å². The second kappa shape index (κ2) is 9.21. The Morgan fingerprint density at radius 3 is 2.65 bits per heavy atom. The molecule has 1 atom stereocenters. The van der Waals surface area contributed by atoms with Gasteiger partial charge in [-0.3, -0.25) is 14.3 Å². The monoisotopic (exact) mass is 413 g/mol. The number of nitrogens with one attached hydrogen (secondary N) is 1. The topological polar surface area (TPSA) is 81.8 Å². The average Bonchev–Trinajstić information content (AvgIpc) is 3.28. The Kier molecular flexibility index (Phi) is 6.03. The molecule has 4 rings (SSSR count). The lowest BCUT2D eigenvalue weighted by molar-refractivity contribution is 0.0929. The Morgan fingerprint density at radius 2 is 1.90 bits per heavy atom. The Hall–Kier alpha value is -4.00. The van der Waals surface area contributed by atoms with Gasteiger partial charge in [0.05, 0.1) is 19.1 Å².